The SMILES string of the molecule is C/C(=N/NC(=O)C[C@H]1N=C(Cc2ccccc2)NNC1=O)c1ccc([N+](=O)[O-])cc1. The Morgan fingerprint density at radius 3 is 2.53 bits per heavy atom. The molecule has 2 amide bonds. The van der Waals surface area contributed by atoms with E-state index in [9.17, 15) is 19.7 Å². The molecule has 3 N–H and O–H groups in total. The summed E-state index contributed by atoms with van der Waals surface area (Å²) in [5.74, 6) is -0.316. The zero-order valence-electron chi connectivity index (χ0n) is 16.2. The first-order chi connectivity index (χ1) is 14.4. The molecule has 0 radical (unpaired) electrons. The van der Waals surface area contributed by atoms with Gasteiger partial charge in [0.15, 0.2) is 0 Å². The van der Waals surface area contributed by atoms with E-state index in [0.29, 0.717) is 23.5 Å². The minimum Gasteiger partial charge on any atom is -0.285 e. The number of non-ortho nitro benzene ring substituents is 1. The summed E-state index contributed by atoms with van der Waals surface area (Å²) in [4.78, 5) is 38.8. The fraction of sp³-hybridized carbons (Fsp3) is 0.200. The van der Waals surface area contributed by atoms with Gasteiger partial charge in [-0.2, -0.15) is 5.10 Å². The largest absolute Gasteiger partial charge is 0.285 e. The molecule has 154 valence electrons. The Morgan fingerprint density at radius 1 is 1.17 bits per heavy atom. The third kappa shape index (κ3) is 5.47. The Morgan fingerprint density at radius 2 is 1.87 bits per heavy atom. The van der Waals surface area contributed by atoms with E-state index in [2.05, 4.69) is 26.4 Å². The maximum Gasteiger partial charge on any atom is 0.269 e. The number of hydrogen-bond acceptors (Lipinski definition) is 7. The van der Waals surface area contributed by atoms with Gasteiger partial charge in [0.1, 0.15) is 11.9 Å². The number of rotatable bonds is 7. The van der Waals surface area contributed by atoms with Crippen LogP contribution in [-0.2, 0) is 16.0 Å². The second kappa shape index (κ2) is 9.41. The van der Waals surface area contributed by atoms with Crippen LogP contribution < -0.4 is 16.3 Å². The molecule has 10 heteroatoms. The van der Waals surface area contributed by atoms with Gasteiger partial charge in [0.05, 0.1) is 17.1 Å². The fourth-order valence-corrected chi connectivity index (χ4v) is 2.77. The molecule has 0 fully saturated rings. The highest BCUT2D eigenvalue weighted by atomic mass is 16.6. The van der Waals surface area contributed by atoms with Crippen LogP contribution in [0.3, 0.4) is 0 Å². The van der Waals surface area contributed by atoms with E-state index in [1.807, 2.05) is 30.3 Å². The summed E-state index contributed by atoms with van der Waals surface area (Å²) < 4.78 is 0. The summed E-state index contributed by atoms with van der Waals surface area (Å²) in [5, 5.41) is 14.7. The van der Waals surface area contributed by atoms with Crippen molar-refractivity contribution in [1.82, 2.24) is 16.3 Å². The molecule has 2 aromatic rings. The van der Waals surface area contributed by atoms with Crippen molar-refractivity contribution < 1.29 is 14.5 Å². The van der Waals surface area contributed by atoms with Crippen molar-refractivity contribution in [3.05, 3.63) is 75.8 Å². The Balaban J connectivity index is 1.59. The zero-order valence-corrected chi connectivity index (χ0v) is 16.2. The standard InChI is InChI=1S/C20H20N6O4/c1-13(15-7-9-16(10-8-15)26(29)30)22-24-19(27)12-17-20(28)25-23-18(21-17)11-14-5-3-2-4-6-14/h2-10,17H,11-12H2,1H3,(H,21,23)(H,24,27)(H,25,28)/b22-13-/t17-/m1/s1. The maximum atomic E-state index is 12.2. The molecule has 3 rings (SSSR count). The lowest BCUT2D eigenvalue weighted by Gasteiger charge is -2.21. The summed E-state index contributed by atoms with van der Waals surface area (Å²) >= 11 is 0. The number of amides is 2. The van der Waals surface area contributed by atoms with Gasteiger partial charge in [0, 0.05) is 18.6 Å². The van der Waals surface area contributed by atoms with Gasteiger partial charge in [-0.1, -0.05) is 30.3 Å². The summed E-state index contributed by atoms with van der Waals surface area (Å²) in [7, 11) is 0. The molecule has 1 heterocycles. The van der Waals surface area contributed by atoms with Crippen LogP contribution in [0.5, 0.6) is 0 Å². The van der Waals surface area contributed by atoms with Crippen LogP contribution in [-0.4, -0.2) is 34.3 Å². The number of nitro groups is 1. The predicted molar refractivity (Wildman–Crippen MR) is 111 cm³/mol. The molecule has 10 nitrogen and oxygen atoms in total. The molecular weight excluding hydrogens is 388 g/mol. The van der Waals surface area contributed by atoms with Crippen LogP contribution in [0.4, 0.5) is 5.69 Å². The highest BCUT2D eigenvalue weighted by molar-refractivity contribution is 6.00. The lowest BCUT2D eigenvalue weighted by molar-refractivity contribution is -0.384. The number of aliphatic imine (C=N–C) groups is 1. The first kappa shape index (κ1) is 20.6. The molecule has 0 aliphatic carbocycles. The number of hydrazine groups is 1. The number of hydrazone groups is 1. The van der Waals surface area contributed by atoms with Gasteiger partial charge in [-0.05, 0) is 30.2 Å². The van der Waals surface area contributed by atoms with Crippen LogP contribution in [0.1, 0.15) is 24.5 Å². The Labute approximate surface area is 172 Å². The first-order valence-corrected chi connectivity index (χ1v) is 9.17. The van der Waals surface area contributed by atoms with Crippen LogP contribution >= 0.6 is 0 Å². The van der Waals surface area contributed by atoms with E-state index in [-0.39, 0.29) is 12.1 Å². The third-order valence-corrected chi connectivity index (χ3v) is 4.38. The molecule has 0 saturated carbocycles. The van der Waals surface area contributed by atoms with Gasteiger partial charge >= 0.3 is 0 Å². The molecule has 0 unspecified atom stereocenters. The molecule has 1 aliphatic rings. The minimum absolute atomic E-state index is 0.0309. The second-order valence-corrected chi connectivity index (χ2v) is 6.61. The van der Waals surface area contributed by atoms with Gasteiger partial charge in [-0.25, -0.2) is 5.43 Å². The van der Waals surface area contributed by atoms with E-state index in [4.69, 9.17) is 0 Å². The summed E-state index contributed by atoms with van der Waals surface area (Å²) in [5.41, 5.74) is 9.76. The zero-order chi connectivity index (χ0) is 21.5. The van der Waals surface area contributed by atoms with Crippen molar-refractivity contribution >= 4 is 29.0 Å². The lowest BCUT2D eigenvalue weighted by atomic mass is 10.1. The van der Waals surface area contributed by atoms with E-state index >= 15 is 0 Å². The number of nitrogens with one attached hydrogen (secondary N) is 3. The van der Waals surface area contributed by atoms with E-state index in [1.54, 1.807) is 19.1 Å². The molecule has 2 aromatic carbocycles. The average molecular weight is 408 g/mol. The molecule has 0 aromatic heterocycles. The third-order valence-electron chi connectivity index (χ3n) is 4.38. The van der Waals surface area contributed by atoms with Crippen molar-refractivity contribution in [2.45, 2.75) is 25.8 Å². The monoisotopic (exact) mass is 408 g/mol. The quantitative estimate of drug-likeness (QED) is 0.362. The number of carbonyl (C=O) groups excluding carboxylic acids is 2. The van der Waals surface area contributed by atoms with Crippen molar-refractivity contribution in [3.8, 4) is 0 Å². The van der Waals surface area contributed by atoms with Crippen molar-refractivity contribution in [3.63, 3.8) is 0 Å². The number of nitro benzene ring substituents is 1. The van der Waals surface area contributed by atoms with Gasteiger partial charge in [-0.3, -0.25) is 35.5 Å². The maximum absolute atomic E-state index is 12.2. The van der Waals surface area contributed by atoms with Crippen molar-refractivity contribution in [2.24, 2.45) is 10.1 Å². The fourth-order valence-electron chi connectivity index (χ4n) is 2.77. The van der Waals surface area contributed by atoms with Gasteiger partial charge in [0.2, 0.25) is 5.91 Å². The molecule has 0 bridgehead atoms. The van der Waals surface area contributed by atoms with Crippen LogP contribution in [0.25, 0.3) is 0 Å². The molecule has 0 saturated heterocycles. The lowest BCUT2D eigenvalue weighted by Crippen LogP contribution is -2.52. The molecule has 0 spiro atoms. The number of amidine groups is 1. The Hall–Kier alpha value is -4.08. The first-order valence-electron chi connectivity index (χ1n) is 9.17. The summed E-state index contributed by atoms with van der Waals surface area (Å²) in [6, 6.07) is 14.6. The molecule has 1 atom stereocenters. The second-order valence-electron chi connectivity index (χ2n) is 6.61. The Kier molecular flexibility index (Phi) is 6.48. The van der Waals surface area contributed by atoms with E-state index in [1.165, 1.54) is 12.1 Å². The predicted octanol–water partition coefficient (Wildman–Crippen LogP) is 1.47. The average Bonchev–Trinajstić information content (AvgIpc) is 2.75. The van der Waals surface area contributed by atoms with Gasteiger partial charge < -0.3 is 0 Å². The van der Waals surface area contributed by atoms with Crippen molar-refractivity contribution in [2.75, 3.05) is 0 Å². The normalized spacial score (nSPS) is 16.2. The minimum atomic E-state index is -0.861. The molecule has 1 aliphatic heterocycles. The smallest absolute Gasteiger partial charge is 0.269 e. The van der Waals surface area contributed by atoms with Gasteiger partial charge in [-0.15, -0.1) is 0 Å². The number of hydrogen-bond donors (Lipinski definition) is 3. The topological polar surface area (TPSA) is 138 Å². The van der Waals surface area contributed by atoms with Crippen LogP contribution in [0.2, 0.25) is 0 Å². The van der Waals surface area contributed by atoms with Gasteiger partial charge in [0.25, 0.3) is 11.6 Å². The summed E-state index contributed by atoms with van der Waals surface area (Å²) in [6.45, 7) is 1.66. The van der Waals surface area contributed by atoms with Crippen LogP contribution in [0, 0.1) is 10.1 Å². The number of nitrogens with zero attached hydrogens (tertiary/aromatic N) is 3. The number of benzene rings is 2. The Bertz CT molecular complexity index is 1000. The number of carbonyl (C=O) groups is 2. The molecule has 30 heavy (non-hydrogen) atoms. The van der Waals surface area contributed by atoms with E-state index in [0.717, 1.165) is 5.56 Å². The molecular formula is C20H20N6O4. The van der Waals surface area contributed by atoms with Crippen molar-refractivity contribution in [1.29, 1.82) is 0 Å². The highest BCUT2D eigenvalue weighted by Gasteiger charge is 2.25. The summed E-state index contributed by atoms with van der Waals surface area (Å²) in [6.07, 6.45) is 0.333. The van der Waals surface area contributed by atoms with Crippen LogP contribution in [0.15, 0.2) is 64.7 Å². The van der Waals surface area contributed by atoms with E-state index < -0.39 is 22.8 Å². The highest BCUT2D eigenvalue weighted by Crippen LogP contribution is 2.12.